The maximum absolute atomic E-state index is 13.3. The predicted octanol–water partition coefficient (Wildman–Crippen LogP) is 3.93. The van der Waals surface area contributed by atoms with Gasteiger partial charge in [-0.2, -0.15) is 0 Å². The van der Waals surface area contributed by atoms with Gasteiger partial charge in [0.1, 0.15) is 6.61 Å². The molecular formula is C14H8F5NO. The van der Waals surface area contributed by atoms with Gasteiger partial charge in [0, 0.05) is 0 Å². The Morgan fingerprint density at radius 3 is 1.90 bits per heavy atom. The van der Waals surface area contributed by atoms with E-state index in [2.05, 4.69) is 9.99 Å². The molecule has 2 nitrogen and oxygen atoms in total. The minimum atomic E-state index is -2.21. The molecule has 0 saturated heterocycles. The lowest BCUT2D eigenvalue weighted by Gasteiger charge is -2.06. The van der Waals surface area contributed by atoms with Crippen LogP contribution in [0.3, 0.4) is 0 Å². The van der Waals surface area contributed by atoms with Crippen LogP contribution in [0.25, 0.3) is 0 Å². The first-order valence-electron chi connectivity index (χ1n) is 5.73. The summed E-state index contributed by atoms with van der Waals surface area (Å²) in [6.07, 6.45) is 1.24. The van der Waals surface area contributed by atoms with Gasteiger partial charge in [-0.25, -0.2) is 22.0 Å². The Morgan fingerprint density at radius 2 is 1.33 bits per heavy atom. The van der Waals surface area contributed by atoms with Crippen molar-refractivity contribution in [1.29, 1.82) is 0 Å². The van der Waals surface area contributed by atoms with E-state index in [1.807, 2.05) is 0 Å². The largest absolute Gasteiger partial charge is 0.391 e. The SMILES string of the molecule is Fc1c(F)c(F)c(CON=Cc2ccccc2)c(F)c1F. The maximum Gasteiger partial charge on any atom is 0.200 e. The fourth-order valence-electron chi connectivity index (χ4n) is 1.52. The van der Waals surface area contributed by atoms with Crippen LogP contribution in [-0.4, -0.2) is 6.21 Å². The van der Waals surface area contributed by atoms with Crippen LogP contribution < -0.4 is 0 Å². The van der Waals surface area contributed by atoms with Crippen LogP contribution in [0.1, 0.15) is 11.1 Å². The standard InChI is InChI=1S/C14H8F5NO/c15-10-9(11(16)13(18)14(19)12(10)17)7-21-20-6-8-4-2-1-3-5-8/h1-6H,7H2. The normalized spacial score (nSPS) is 11.1. The van der Waals surface area contributed by atoms with Gasteiger partial charge in [-0.3, -0.25) is 0 Å². The molecule has 0 amide bonds. The highest BCUT2D eigenvalue weighted by atomic mass is 19.2. The lowest BCUT2D eigenvalue weighted by atomic mass is 10.2. The van der Waals surface area contributed by atoms with E-state index in [-0.39, 0.29) is 0 Å². The molecule has 0 radical (unpaired) electrons. The molecule has 0 aromatic heterocycles. The van der Waals surface area contributed by atoms with Gasteiger partial charge in [0.2, 0.25) is 5.82 Å². The number of hydrogen-bond donors (Lipinski definition) is 0. The van der Waals surface area contributed by atoms with Gasteiger partial charge in [0.05, 0.1) is 11.8 Å². The molecule has 0 saturated carbocycles. The lowest BCUT2D eigenvalue weighted by Crippen LogP contribution is -2.07. The third kappa shape index (κ3) is 3.18. The molecular weight excluding hydrogens is 293 g/mol. The molecule has 0 heterocycles. The molecule has 0 N–H and O–H groups in total. The summed E-state index contributed by atoms with van der Waals surface area (Å²) in [6.45, 7) is -0.880. The van der Waals surface area contributed by atoms with Gasteiger partial charge in [-0.15, -0.1) is 0 Å². The van der Waals surface area contributed by atoms with E-state index < -0.39 is 41.3 Å². The monoisotopic (exact) mass is 301 g/mol. The van der Waals surface area contributed by atoms with Crippen molar-refractivity contribution in [2.24, 2.45) is 5.16 Å². The van der Waals surface area contributed by atoms with Crippen LogP contribution in [0.5, 0.6) is 0 Å². The van der Waals surface area contributed by atoms with Crippen molar-refractivity contribution in [3.63, 3.8) is 0 Å². The number of rotatable bonds is 4. The van der Waals surface area contributed by atoms with E-state index in [0.29, 0.717) is 5.56 Å². The van der Waals surface area contributed by atoms with Crippen LogP contribution in [0.15, 0.2) is 35.5 Å². The van der Waals surface area contributed by atoms with Crippen molar-refractivity contribution < 1.29 is 26.8 Å². The molecule has 2 aromatic carbocycles. The summed E-state index contributed by atoms with van der Waals surface area (Å²) >= 11 is 0. The maximum atomic E-state index is 13.3. The topological polar surface area (TPSA) is 21.6 Å². The molecule has 0 bridgehead atoms. The molecule has 0 aliphatic heterocycles. The summed E-state index contributed by atoms with van der Waals surface area (Å²) in [7, 11) is 0. The van der Waals surface area contributed by atoms with E-state index in [0.717, 1.165) is 0 Å². The van der Waals surface area contributed by atoms with E-state index in [9.17, 15) is 22.0 Å². The van der Waals surface area contributed by atoms with Crippen molar-refractivity contribution >= 4 is 6.21 Å². The number of hydrogen-bond acceptors (Lipinski definition) is 2. The van der Waals surface area contributed by atoms with E-state index in [4.69, 9.17) is 0 Å². The summed E-state index contributed by atoms with van der Waals surface area (Å²) < 4.78 is 65.3. The number of benzene rings is 2. The molecule has 0 spiro atoms. The first-order valence-corrected chi connectivity index (χ1v) is 5.73. The average molecular weight is 301 g/mol. The Morgan fingerprint density at radius 1 is 0.810 bits per heavy atom. The lowest BCUT2D eigenvalue weighted by molar-refractivity contribution is 0.124. The molecule has 2 aromatic rings. The van der Waals surface area contributed by atoms with Crippen molar-refractivity contribution in [3.05, 3.63) is 70.5 Å². The second kappa shape index (κ2) is 6.34. The average Bonchev–Trinajstić information content (AvgIpc) is 2.51. The Kier molecular flexibility index (Phi) is 4.52. The smallest absolute Gasteiger partial charge is 0.200 e. The molecule has 0 aliphatic carbocycles. The van der Waals surface area contributed by atoms with Gasteiger partial charge >= 0.3 is 0 Å². The van der Waals surface area contributed by atoms with Gasteiger partial charge in [-0.05, 0) is 5.56 Å². The first-order chi connectivity index (χ1) is 10.0. The summed E-state index contributed by atoms with van der Waals surface area (Å²) in [5, 5.41) is 3.40. The molecule has 0 fully saturated rings. The van der Waals surface area contributed by atoms with E-state index in [1.54, 1.807) is 30.3 Å². The number of nitrogens with zero attached hydrogens (tertiary/aromatic N) is 1. The Balaban J connectivity index is 2.13. The van der Waals surface area contributed by atoms with Crippen molar-refractivity contribution in [2.75, 3.05) is 0 Å². The summed E-state index contributed by atoms with van der Waals surface area (Å²) in [5.74, 6) is -10.1. The van der Waals surface area contributed by atoms with Crippen molar-refractivity contribution in [3.8, 4) is 0 Å². The number of halogens is 5. The highest BCUT2D eigenvalue weighted by Crippen LogP contribution is 2.23. The van der Waals surface area contributed by atoms with E-state index >= 15 is 0 Å². The van der Waals surface area contributed by atoms with E-state index in [1.165, 1.54) is 6.21 Å². The Labute approximate surface area is 116 Å². The zero-order chi connectivity index (χ0) is 15.4. The minimum absolute atomic E-state index is 0.648. The quantitative estimate of drug-likeness (QED) is 0.276. The zero-order valence-electron chi connectivity index (χ0n) is 10.4. The van der Waals surface area contributed by atoms with Gasteiger partial charge in [-0.1, -0.05) is 35.5 Å². The molecule has 110 valence electrons. The van der Waals surface area contributed by atoms with Crippen molar-refractivity contribution in [2.45, 2.75) is 6.61 Å². The highest BCUT2D eigenvalue weighted by Gasteiger charge is 2.25. The molecule has 2 rings (SSSR count). The van der Waals surface area contributed by atoms with Gasteiger partial charge < -0.3 is 4.84 Å². The summed E-state index contributed by atoms with van der Waals surface area (Å²) in [6, 6.07) is 8.60. The van der Waals surface area contributed by atoms with Crippen molar-refractivity contribution in [1.82, 2.24) is 0 Å². The van der Waals surface area contributed by atoms with Crippen LogP contribution in [-0.2, 0) is 11.4 Å². The predicted molar refractivity (Wildman–Crippen MR) is 65.1 cm³/mol. The molecule has 0 unspecified atom stereocenters. The second-order valence-electron chi connectivity index (χ2n) is 3.97. The fraction of sp³-hybridized carbons (Fsp3) is 0.0714. The fourth-order valence-corrected chi connectivity index (χ4v) is 1.52. The third-order valence-electron chi connectivity index (χ3n) is 2.59. The minimum Gasteiger partial charge on any atom is -0.391 e. The molecule has 21 heavy (non-hydrogen) atoms. The van der Waals surface area contributed by atoms with Crippen LogP contribution >= 0.6 is 0 Å². The van der Waals surface area contributed by atoms with Crippen LogP contribution in [0.4, 0.5) is 22.0 Å². The Bertz CT molecular complexity index is 644. The van der Waals surface area contributed by atoms with Gasteiger partial charge in [0.25, 0.3) is 0 Å². The summed E-state index contributed by atoms with van der Waals surface area (Å²) in [5.41, 5.74) is -0.425. The van der Waals surface area contributed by atoms with Crippen LogP contribution in [0.2, 0.25) is 0 Å². The molecule has 7 heteroatoms. The van der Waals surface area contributed by atoms with Gasteiger partial charge in [0.15, 0.2) is 23.3 Å². The highest BCUT2D eigenvalue weighted by molar-refractivity contribution is 5.78. The first kappa shape index (κ1) is 15.0. The summed E-state index contributed by atoms with van der Waals surface area (Å²) in [4.78, 5) is 4.57. The third-order valence-corrected chi connectivity index (χ3v) is 2.59. The molecule has 0 atom stereocenters. The second-order valence-corrected chi connectivity index (χ2v) is 3.97. The Hall–Kier alpha value is -2.44. The number of oxime groups is 1. The van der Waals surface area contributed by atoms with Crippen LogP contribution in [0, 0.1) is 29.1 Å². The zero-order valence-corrected chi connectivity index (χ0v) is 10.4. The molecule has 0 aliphatic rings.